The summed E-state index contributed by atoms with van der Waals surface area (Å²) in [4.78, 5) is 38.5. The van der Waals surface area contributed by atoms with Crippen LogP contribution in [0.1, 0.15) is 23.7 Å². The van der Waals surface area contributed by atoms with Gasteiger partial charge in [0.25, 0.3) is 5.56 Å². The summed E-state index contributed by atoms with van der Waals surface area (Å²) in [6, 6.07) is 23.4. The van der Waals surface area contributed by atoms with E-state index >= 15 is 0 Å². The van der Waals surface area contributed by atoms with E-state index in [-0.39, 0.29) is 17.8 Å². The Morgan fingerprint density at radius 3 is 2.28 bits per heavy atom. The molecule has 184 valence electrons. The van der Waals surface area contributed by atoms with Gasteiger partial charge in [0.1, 0.15) is 12.2 Å². The van der Waals surface area contributed by atoms with E-state index in [0.717, 1.165) is 5.56 Å². The lowest BCUT2D eigenvalue weighted by Gasteiger charge is -2.00. The Balaban J connectivity index is 0.000000165. The molecular weight excluding hydrogens is 460 g/mol. The summed E-state index contributed by atoms with van der Waals surface area (Å²) in [5.41, 5.74) is 7.88. The van der Waals surface area contributed by atoms with Gasteiger partial charge < -0.3 is 10.5 Å². The number of fused-ring (bicyclic) bond motifs is 1. The number of anilines is 1. The van der Waals surface area contributed by atoms with Crippen molar-refractivity contribution in [2.24, 2.45) is 0 Å². The summed E-state index contributed by atoms with van der Waals surface area (Å²) in [6.45, 7) is 2.02. The second-order valence-electron chi connectivity index (χ2n) is 7.28. The Morgan fingerprint density at radius 2 is 1.69 bits per heavy atom. The van der Waals surface area contributed by atoms with Crippen LogP contribution in [-0.4, -0.2) is 43.2 Å². The first-order chi connectivity index (χ1) is 17.5. The molecule has 10 nitrogen and oxygen atoms in total. The number of nitrogens with one attached hydrogen (secondary N) is 2. The van der Waals surface area contributed by atoms with Gasteiger partial charge in [-0.3, -0.25) is 24.6 Å². The average Bonchev–Trinajstić information content (AvgIpc) is 3.58. The van der Waals surface area contributed by atoms with E-state index in [1.807, 2.05) is 36.4 Å². The SMILES string of the molecule is CCOC(=O)CC(=O)c1ccccc1.Nc1ccn[nH]1.O=c1cc(-c2ccccc2)nc2cc[nH]n12. The number of ether oxygens (including phenoxy) is 1. The van der Waals surface area contributed by atoms with E-state index in [9.17, 15) is 14.4 Å². The highest BCUT2D eigenvalue weighted by atomic mass is 16.5. The molecule has 0 fully saturated rings. The quantitative estimate of drug-likeness (QED) is 0.196. The minimum absolute atomic E-state index is 0.103. The maximum atomic E-state index is 11.7. The van der Waals surface area contributed by atoms with Gasteiger partial charge in [-0.05, 0) is 13.0 Å². The molecular formula is C26H26N6O4. The van der Waals surface area contributed by atoms with Crippen molar-refractivity contribution < 1.29 is 14.3 Å². The first-order valence-corrected chi connectivity index (χ1v) is 11.1. The third kappa shape index (κ3) is 7.52. The number of rotatable bonds is 5. The summed E-state index contributed by atoms with van der Waals surface area (Å²) in [6.07, 6.45) is 3.12. The van der Waals surface area contributed by atoms with Gasteiger partial charge in [0.15, 0.2) is 11.4 Å². The molecule has 0 aliphatic rings. The molecule has 0 aliphatic carbocycles. The fraction of sp³-hybridized carbons (Fsp3) is 0.115. The van der Waals surface area contributed by atoms with Gasteiger partial charge in [-0.2, -0.15) is 5.10 Å². The largest absolute Gasteiger partial charge is 0.466 e. The van der Waals surface area contributed by atoms with Crippen LogP contribution in [0.4, 0.5) is 5.82 Å². The van der Waals surface area contributed by atoms with E-state index < -0.39 is 5.97 Å². The van der Waals surface area contributed by atoms with Crippen LogP contribution in [0.3, 0.4) is 0 Å². The van der Waals surface area contributed by atoms with Crippen LogP contribution in [0.2, 0.25) is 0 Å². The lowest BCUT2D eigenvalue weighted by Crippen LogP contribution is -2.13. The van der Waals surface area contributed by atoms with Crippen molar-refractivity contribution in [3.8, 4) is 11.3 Å². The minimum Gasteiger partial charge on any atom is -0.466 e. The number of nitrogen functional groups attached to an aromatic ring is 1. The summed E-state index contributed by atoms with van der Waals surface area (Å²) >= 11 is 0. The van der Waals surface area contributed by atoms with Crippen LogP contribution in [0, 0.1) is 0 Å². The number of H-pyrrole nitrogens is 2. The van der Waals surface area contributed by atoms with Crippen LogP contribution < -0.4 is 11.3 Å². The number of hydrogen-bond acceptors (Lipinski definition) is 7. The highest BCUT2D eigenvalue weighted by Gasteiger charge is 2.11. The number of benzene rings is 2. The van der Waals surface area contributed by atoms with Crippen molar-refractivity contribution in [3.63, 3.8) is 0 Å². The monoisotopic (exact) mass is 486 g/mol. The number of esters is 1. The van der Waals surface area contributed by atoms with Crippen molar-refractivity contribution in [3.05, 3.63) is 107 Å². The van der Waals surface area contributed by atoms with E-state index in [1.165, 1.54) is 10.6 Å². The van der Waals surface area contributed by atoms with Crippen molar-refractivity contribution in [2.75, 3.05) is 12.3 Å². The zero-order valence-electron chi connectivity index (χ0n) is 19.6. The van der Waals surface area contributed by atoms with Gasteiger partial charge >= 0.3 is 5.97 Å². The maximum Gasteiger partial charge on any atom is 0.313 e. The third-order valence-corrected chi connectivity index (χ3v) is 4.68. The van der Waals surface area contributed by atoms with Crippen LogP contribution in [0.15, 0.2) is 96.1 Å². The van der Waals surface area contributed by atoms with Crippen molar-refractivity contribution in [1.29, 1.82) is 0 Å². The van der Waals surface area contributed by atoms with Gasteiger partial charge in [0, 0.05) is 29.5 Å². The van der Waals surface area contributed by atoms with E-state index in [0.29, 0.717) is 29.3 Å². The van der Waals surface area contributed by atoms with E-state index in [2.05, 4.69) is 25.0 Å². The van der Waals surface area contributed by atoms with Gasteiger partial charge in [-0.25, -0.2) is 9.50 Å². The first kappa shape index (κ1) is 25.6. The highest BCUT2D eigenvalue weighted by Crippen LogP contribution is 2.14. The number of carbonyl (C=O) groups is 2. The predicted octanol–water partition coefficient (Wildman–Crippen LogP) is 3.50. The van der Waals surface area contributed by atoms with Crippen LogP contribution in [0.25, 0.3) is 16.9 Å². The number of ketones is 1. The molecule has 3 heterocycles. The van der Waals surface area contributed by atoms with Gasteiger partial charge in [0.05, 0.1) is 18.5 Å². The molecule has 3 aromatic heterocycles. The van der Waals surface area contributed by atoms with E-state index in [4.69, 9.17) is 5.73 Å². The molecule has 0 spiro atoms. The average molecular weight is 487 g/mol. The fourth-order valence-corrected chi connectivity index (χ4v) is 3.02. The van der Waals surface area contributed by atoms with Crippen LogP contribution in [-0.2, 0) is 9.53 Å². The molecule has 4 N–H and O–H groups in total. The Labute approximate surface area is 206 Å². The summed E-state index contributed by atoms with van der Waals surface area (Å²) in [7, 11) is 0. The molecule has 5 aromatic rings. The summed E-state index contributed by atoms with van der Waals surface area (Å²) in [5.74, 6) is -0.0691. The van der Waals surface area contributed by atoms with Gasteiger partial charge in [-0.1, -0.05) is 60.7 Å². The van der Waals surface area contributed by atoms with Gasteiger partial charge in [-0.15, -0.1) is 0 Å². The second-order valence-corrected chi connectivity index (χ2v) is 7.28. The Hall–Kier alpha value is -4.99. The molecule has 0 atom stereocenters. The lowest BCUT2D eigenvalue weighted by molar-refractivity contribution is -0.141. The van der Waals surface area contributed by atoms with Crippen LogP contribution >= 0.6 is 0 Å². The number of hydrogen-bond donors (Lipinski definition) is 3. The first-order valence-electron chi connectivity index (χ1n) is 11.1. The number of aromatic amines is 2. The second kappa shape index (κ2) is 13.0. The summed E-state index contributed by atoms with van der Waals surface area (Å²) < 4.78 is 6.08. The van der Waals surface area contributed by atoms with Crippen LogP contribution in [0.5, 0.6) is 0 Å². The number of nitrogens with two attached hydrogens (primary N) is 1. The number of Topliss-reactive ketones (excluding diaryl/α,β-unsaturated/α-hetero) is 1. The standard InChI is InChI=1S/C12H9N3O.C11H12O3.C3H5N3/c16-12-8-10(9-4-2-1-3-5-9)14-11-6-7-13-15(11)12;1-2-14-11(13)8-10(12)9-6-4-3-5-7-9;4-3-1-2-5-6-3/h1-8,13H;3-7H,2,8H2,1H3;1-2H,(H3,4,5,6). The zero-order chi connectivity index (χ0) is 25.8. The predicted molar refractivity (Wildman–Crippen MR) is 136 cm³/mol. The van der Waals surface area contributed by atoms with Crippen molar-refractivity contribution in [1.82, 2.24) is 24.8 Å². The molecule has 0 unspecified atom stereocenters. The number of carbonyl (C=O) groups excluding carboxylic acids is 2. The molecule has 5 rings (SSSR count). The summed E-state index contributed by atoms with van der Waals surface area (Å²) in [5, 5.41) is 8.91. The molecule has 36 heavy (non-hydrogen) atoms. The molecule has 10 heteroatoms. The van der Waals surface area contributed by atoms with Crippen molar-refractivity contribution in [2.45, 2.75) is 13.3 Å². The molecule has 0 aliphatic heterocycles. The van der Waals surface area contributed by atoms with Gasteiger partial charge in [0.2, 0.25) is 0 Å². The molecule has 0 amide bonds. The van der Waals surface area contributed by atoms with E-state index in [1.54, 1.807) is 55.7 Å². The topological polar surface area (TPSA) is 148 Å². The lowest BCUT2D eigenvalue weighted by atomic mass is 10.1. The Kier molecular flexibility index (Phi) is 9.28. The Bertz CT molecular complexity index is 1430. The maximum absolute atomic E-state index is 11.7. The third-order valence-electron chi connectivity index (χ3n) is 4.68. The number of aromatic nitrogens is 5. The molecule has 0 radical (unpaired) electrons. The minimum atomic E-state index is -0.471. The Morgan fingerprint density at radius 1 is 1.00 bits per heavy atom. The molecule has 2 aromatic carbocycles. The molecule has 0 bridgehead atoms. The molecule has 0 saturated carbocycles. The van der Waals surface area contributed by atoms with Crippen molar-refractivity contribution >= 4 is 23.2 Å². The normalized spacial score (nSPS) is 9.92. The number of nitrogens with zero attached hydrogens (tertiary/aromatic N) is 3. The fourth-order valence-electron chi connectivity index (χ4n) is 3.02. The highest BCUT2D eigenvalue weighted by molar-refractivity contribution is 6.05. The smallest absolute Gasteiger partial charge is 0.313 e. The zero-order valence-corrected chi connectivity index (χ0v) is 19.6. The molecule has 0 saturated heterocycles.